The third kappa shape index (κ3) is 2.77. The first-order valence-corrected chi connectivity index (χ1v) is 7.52. The number of piperidine rings is 1. The Morgan fingerprint density at radius 2 is 2.23 bits per heavy atom. The number of methoxy groups -OCH3 is 1. The molecule has 2 bridgehead atoms. The zero-order valence-electron chi connectivity index (χ0n) is 12.5. The maximum atomic E-state index is 13.9. The van der Waals surface area contributed by atoms with E-state index in [9.17, 15) is 14.0 Å². The summed E-state index contributed by atoms with van der Waals surface area (Å²) in [6, 6.07) is 3.49. The first-order valence-electron chi connectivity index (χ1n) is 7.52. The molecular weight excluding hydrogens is 287 g/mol. The van der Waals surface area contributed by atoms with Crippen LogP contribution in [0.15, 0.2) is 18.2 Å². The zero-order chi connectivity index (χ0) is 15.7. The molecule has 5 nitrogen and oxygen atoms in total. The number of Topliss-reactive ketones (excluding diaryl/α,β-unsaturated/α-hetero) is 1. The third-order valence-corrected chi connectivity index (χ3v) is 4.56. The number of nitrogens with zero attached hydrogens (tertiary/aromatic N) is 1. The van der Waals surface area contributed by atoms with Gasteiger partial charge < -0.3 is 15.0 Å². The topological polar surface area (TPSA) is 58.6 Å². The number of carbonyl (C=O) groups is 2. The number of rotatable bonds is 2. The smallest absolute Gasteiger partial charge is 0.322 e. The van der Waals surface area contributed by atoms with Gasteiger partial charge in [-0.25, -0.2) is 9.18 Å². The van der Waals surface area contributed by atoms with Crippen molar-refractivity contribution in [1.29, 1.82) is 0 Å². The molecule has 2 fully saturated rings. The first kappa shape index (κ1) is 14.8. The monoisotopic (exact) mass is 306 g/mol. The number of hydrogen-bond donors (Lipinski definition) is 1. The van der Waals surface area contributed by atoms with Crippen LogP contribution in [0.5, 0.6) is 5.75 Å². The average molecular weight is 306 g/mol. The maximum absolute atomic E-state index is 13.9. The van der Waals surface area contributed by atoms with Crippen molar-refractivity contribution in [2.75, 3.05) is 19.0 Å². The molecule has 0 spiro atoms. The quantitative estimate of drug-likeness (QED) is 0.914. The van der Waals surface area contributed by atoms with E-state index in [1.807, 2.05) is 0 Å². The lowest BCUT2D eigenvalue weighted by molar-refractivity contribution is -0.127. The minimum Gasteiger partial charge on any atom is -0.497 e. The molecule has 1 aliphatic heterocycles. The molecule has 1 N–H and O–H groups in total. The van der Waals surface area contributed by atoms with Crippen LogP contribution < -0.4 is 10.1 Å². The molecule has 3 rings (SSSR count). The number of carbonyl (C=O) groups excluding carboxylic acids is 2. The summed E-state index contributed by atoms with van der Waals surface area (Å²) < 4.78 is 18.8. The lowest BCUT2D eigenvalue weighted by Crippen LogP contribution is -2.53. The van der Waals surface area contributed by atoms with Crippen LogP contribution in [0.3, 0.4) is 0 Å². The van der Waals surface area contributed by atoms with Crippen LogP contribution in [-0.4, -0.2) is 36.4 Å². The number of ether oxygens (including phenoxy) is 1. The van der Waals surface area contributed by atoms with Gasteiger partial charge in [0.1, 0.15) is 11.6 Å². The summed E-state index contributed by atoms with van der Waals surface area (Å²) in [7, 11) is 1.45. The van der Waals surface area contributed by atoms with Crippen LogP contribution in [0.2, 0.25) is 0 Å². The number of fused-ring (bicyclic) bond motifs is 2. The van der Waals surface area contributed by atoms with E-state index in [-0.39, 0.29) is 17.5 Å². The molecule has 2 amide bonds. The predicted molar refractivity (Wildman–Crippen MR) is 79.4 cm³/mol. The molecule has 118 valence electrons. The average Bonchev–Trinajstić information content (AvgIpc) is 2.53. The molecule has 1 aromatic rings. The Hall–Kier alpha value is -2.11. The van der Waals surface area contributed by atoms with Gasteiger partial charge in [0.2, 0.25) is 0 Å². The van der Waals surface area contributed by atoms with Crippen molar-refractivity contribution in [1.82, 2.24) is 4.90 Å². The molecule has 1 aliphatic carbocycles. The highest BCUT2D eigenvalue weighted by atomic mass is 19.1. The van der Waals surface area contributed by atoms with Crippen molar-refractivity contribution < 1.29 is 18.7 Å². The molecule has 2 aliphatic rings. The normalized spacial score (nSPS) is 24.1. The minimum absolute atomic E-state index is 0.0937. The van der Waals surface area contributed by atoms with Crippen molar-refractivity contribution >= 4 is 17.5 Å². The number of benzene rings is 1. The van der Waals surface area contributed by atoms with E-state index in [1.54, 1.807) is 11.0 Å². The zero-order valence-corrected chi connectivity index (χ0v) is 12.5. The molecule has 2 atom stereocenters. The molecule has 2 unspecified atom stereocenters. The number of nitrogens with one attached hydrogen (secondary N) is 1. The summed E-state index contributed by atoms with van der Waals surface area (Å²) in [4.78, 5) is 25.9. The largest absolute Gasteiger partial charge is 0.497 e. The Morgan fingerprint density at radius 3 is 2.95 bits per heavy atom. The fraction of sp³-hybridized carbons (Fsp3) is 0.500. The van der Waals surface area contributed by atoms with E-state index in [1.165, 1.54) is 19.2 Å². The van der Waals surface area contributed by atoms with Gasteiger partial charge in [-0.05, 0) is 37.3 Å². The number of likely N-dealkylation sites (tertiary alicyclic amines) is 1. The summed E-state index contributed by atoms with van der Waals surface area (Å²) in [6.07, 6.45) is 3.10. The molecule has 1 heterocycles. The highest BCUT2D eigenvalue weighted by Crippen LogP contribution is 2.33. The van der Waals surface area contributed by atoms with E-state index in [0.717, 1.165) is 19.3 Å². The molecule has 22 heavy (non-hydrogen) atoms. The number of halogens is 1. The fourth-order valence-electron chi connectivity index (χ4n) is 3.27. The molecule has 0 radical (unpaired) electrons. The van der Waals surface area contributed by atoms with Crippen molar-refractivity contribution in [3.63, 3.8) is 0 Å². The minimum atomic E-state index is -0.558. The van der Waals surface area contributed by atoms with Crippen LogP contribution in [0.4, 0.5) is 14.9 Å². The number of anilines is 1. The molecule has 6 heteroatoms. The van der Waals surface area contributed by atoms with Gasteiger partial charge in [0.05, 0.1) is 18.8 Å². The summed E-state index contributed by atoms with van der Waals surface area (Å²) >= 11 is 0. The van der Waals surface area contributed by atoms with E-state index in [4.69, 9.17) is 4.74 Å². The standard InChI is InChI=1S/C16H19FN2O3/c1-22-11-3-4-13(12(17)9-11)18-16(21)19-7-6-10-2-5-15(20)14(19)8-10/h3-4,9-10,14H,2,5-8H2,1H3,(H,18,21). The van der Waals surface area contributed by atoms with Crippen LogP contribution in [-0.2, 0) is 4.79 Å². The van der Waals surface area contributed by atoms with Gasteiger partial charge in [-0.1, -0.05) is 0 Å². The molecule has 1 aromatic carbocycles. The van der Waals surface area contributed by atoms with Gasteiger partial charge in [0.25, 0.3) is 0 Å². The van der Waals surface area contributed by atoms with E-state index in [2.05, 4.69) is 5.32 Å². The summed E-state index contributed by atoms with van der Waals surface area (Å²) in [5, 5.41) is 2.56. The van der Waals surface area contributed by atoms with Crippen molar-refractivity contribution in [3.05, 3.63) is 24.0 Å². The van der Waals surface area contributed by atoms with Gasteiger partial charge in [0, 0.05) is 19.0 Å². The van der Waals surface area contributed by atoms with Crippen LogP contribution in [0.1, 0.15) is 25.7 Å². The Balaban J connectivity index is 1.72. The fourth-order valence-corrected chi connectivity index (χ4v) is 3.27. The predicted octanol–water partition coefficient (Wildman–Crippen LogP) is 2.81. The molecular formula is C16H19FN2O3. The van der Waals surface area contributed by atoms with Crippen LogP contribution >= 0.6 is 0 Å². The molecule has 1 saturated carbocycles. The second kappa shape index (κ2) is 5.94. The Bertz CT molecular complexity index is 605. The van der Waals surface area contributed by atoms with Crippen molar-refractivity contribution in [2.45, 2.75) is 31.7 Å². The summed E-state index contributed by atoms with van der Waals surface area (Å²) in [5.41, 5.74) is 0.0937. The second-order valence-corrected chi connectivity index (χ2v) is 5.88. The number of hydrogen-bond acceptors (Lipinski definition) is 3. The van der Waals surface area contributed by atoms with Crippen molar-refractivity contribution in [3.8, 4) is 5.75 Å². The third-order valence-electron chi connectivity index (χ3n) is 4.56. The number of urea groups is 1. The van der Waals surface area contributed by atoms with Gasteiger partial charge >= 0.3 is 6.03 Å². The van der Waals surface area contributed by atoms with Gasteiger partial charge in [-0.15, -0.1) is 0 Å². The van der Waals surface area contributed by atoms with E-state index < -0.39 is 11.8 Å². The van der Waals surface area contributed by atoms with Gasteiger partial charge in [-0.3, -0.25) is 4.79 Å². The number of ketones is 1. The van der Waals surface area contributed by atoms with Gasteiger partial charge in [0.15, 0.2) is 5.78 Å². The van der Waals surface area contributed by atoms with Crippen LogP contribution in [0.25, 0.3) is 0 Å². The molecule has 0 aromatic heterocycles. The second-order valence-electron chi connectivity index (χ2n) is 5.88. The van der Waals surface area contributed by atoms with Crippen molar-refractivity contribution in [2.24, 2.45) is 5.92 Å². The highest BCUT2D eigenvalue weighted by Gasteiger charge is 2.39. The summed E-state index contributed by atoms with van der Waals surface area (Å²) in [5.74, 6) is 0.474. The SMILES string of the molecule is COc1ccc(NC(=O)N2CCC3CCC(=O)C2C3)c(F)c1. The highest BCUT2D eigenvalue weighted by molar-refractivity contribution is 5.95. The van der Waals surface area contributed by atoms with E-state index >= 15 is 0 Å². The Labute approximate surface area is 128 Å². The first-order chi connectivity index (χ1) is 10.6. The van der Waals surface area contributed by atoms with Gasteiger partial charge in [-0.2, -0.15) is 0 Å². The molecule has 1 saturated heterocycles. The Morgan fingerprint density at radius 1 is 1.41 bits per heavy atom. The maximum Gasteiger partial charge on any atom is 0.322 e. The summed E-state index contributed by atoms with van der Waals surface area (Å²) in [6.45, 7) is 0.546. The van der Waals surface area contributed by atoms with Crippen LogP contribution in [0, 0.1) is 11.7 Å². The Kier molecular flexibility index (Phi) is 4.00. The lowest BCUT2D eigenvalue weighted by atomic mass is 9.79. The number of amides is 2. The van der Waals surface area contributed by atoms with E-state index in [0.29, 0.717) is 24.6 Å². The lowest BCUT2D eigenvalue weighted by Gasteiger charge is -2.41.